The van der Waals surface area contributed by atoms with E-state index in [1.54, 1.807) is 61.5 Å². The number of aromatic hydroxyl groups is 1. The number of rotatable bonds is 9. The zero-order chi connectivity index (χ0) is 29.7. The number of aliphatic hydroxyl groups is 1. The Balaban J connectivity index is 1.55. The number of halogens is 3. The van der Waals surface area contributed by atoms with Crippen LogP contribution in [0.25, 0.3) is 0 Å². The number of hydrogen-bond acceptors (Lipinski definition) is 5. The molecule has 1 fully saturated rings. The van der Waals surface area contributed by atoms with E-state index in [1.165, 1.54) is 18.2 Å². The Morgan fingerprint density at radius 2 is 1.73 bits per heavy atom. The van der Waals surface area contributed by atoms with E-state index in [2.05, 4.69) is 26.6 Å². The van der Waals surface area contributed by atoms with Gasteiger partial charge in [0.05, 0.1) is 12.6 Å². The molecule has 3 aromatic rings. The molecule has 1 aliphatic rings. The van der Waals surface area contributed by atoms with E-state index in [0.29, 0.717) is 16.0 Å². The first-order valence-electron chi connectivity index (χ1n) is 13.0. The van der Waals surface area contributed by atoms with Crippen molar-refractivity contribution in [3.63, 3.8) is 0 Å². The normalized spacial score (nSPS) is 17.5. The van der Waals surface area contributed by atoms with Crippen LogP contribution in [0.15, 0.2) is 77.3 Å². The number of carbonyl (C=O) groups excluding carboxylic acids is 3. The van der Waals surface area contributed by atoms with Gasteiger partial charge in [-0.05, 0) is 42.7 Å². The van der Waals surface area contributed by atoms with Gasteiger partial charge in [-0.1, -0.05) is 70.5 Å². The van der Waals surface area contributed by atoms with Crippen LogP contribution in [0.5, 0.6) is 5.75 Å². The number of phenolic OH excluding ortho intramolecular Hbond substituents is 1. The fraction of sp³-hybridized carbons (Fsp3) is 0.300. The zero-order valence-corrected chi connectivity index (χ0v) is 23.8. The summed E-state index contributed by atoms with van der Waals surface area (Å²) in [5.74, 6) is -6.00. The monoisotopic (exact) mass is 629 g/mol. The second-order valence-corrected chi connectivity index (χ2v) is 10.9. The van der Waals surface area contributed by atoms with E-state index in [4.69, 9.17) is 0 Å². The Hall–Kier alpha value is -3.83. The van der Waals surface area contributed by atoms with Crippen molar-refractivity contribution in [3.8, 4) is 5.75 Å². The van der Waals surface area contributed by atoms with Gasteiger partial charge in [0.15, 0.2) is 6.10 Å². The molecule has 1 saturated heterocycles. The van der Waals surface area contributed by atoms with E-state index in [1.807, 2.05) is 0 Å². The van der Waals surface area contributed by atoms with Gasteiger partial charge in [0.2, 0.25) is 5.91 Å². The van der Waals surface area contributed by atoms with Crippen molar-refractivity contribution in [2.45, 2.75) is 50.4 Å². The van der Waals surface area contributed by atoms with Crippen LogP contribution in [0.3, 0.4) is 0 Å². The quantitative estimate of drug-likeness (QED) is 0.288. The molecule has 0 aromatic heterocycles. The molecule has 0 saturated carbocycles. The summed E-state index contributed by atoms with van der Waals surface area (Å²) < 4.78 is 29.8. The highest BCUT2D eigenvalue weighted by atomic mass is 79.9. The van der Waals surface area contributed by atoms with Crippen molar-refractivity contribution in [2.24, 2.45) is 0 Å². The summed E-state index contributed by atoms with van der Waals surface area (Å²) in [4.78, 5) is 40.4. The summed E-state index contributed by atoms with van der Waals surface area (Å²) in [7, 11) is 0. The first-order chi connectivity index (χ1) is 19.5. The topological polar surface area (TPSA) is 119 Å². The maximum atomic E-state index is 14.6. The summed E-state index contributed by atoms with van der Waals surface area (Å²) in [6.45, 7) is 0.540. The van der Waals surface area contributed by atoms with E-state index in [0.717, 1.165) is 10.0 Å². The third-order valence-corrected chi connectivity index (χ3v) is 7.84. The largest absolute Gasteiger partial charge is 0.508 e. The minimum Gasteiger partial charge on any atom is -0.508 e. The Labute approximate surface area is 244 Å². The highest BCUT2D eigenvalue weighted by Gasteiger charge is 2.51. The summed E-state index contributed by atoms with van der Waals surface area (Å²) >= 11 is 3.37. The van der Waals surface area contributed by atoms with Crippen molar-refractivity contribution in [2.75, 3.05) is 6.54 Å². The second kappa shape index (κ2) is 12.8. The highest BCUT2D eigenvalue weighted by Crippen LogP contribution is 2.33. The van der Waals surface area contributed by atoms with Gasteiger partial charge >= 0.3 is 0 Å². The Bertz CT molecular complexity index is 1420. The molecule has 0 aliphatic carbocycles. The highest BCUT2D eigenvalue weighted by molar-refractivity contribution is 9.10. The van der Waals surface area contributed by atoms with Gasteiger partial charge in [0, 0.05) is 28.6 Å². The Kier molecular flexibility index (Phi) is 9.39. The number of carbonyl (C=O) groups is 3. The average Bonchev–Trinajstić information content (AvgIpc) is 3.28. The number of benzene rings is 3. The van der Waals surface area contributed by atoms with Gasteiger partial charge in [-0.25, -0.2) is 8.78 Å². The van der Waals surface area contributed by atoms with Crippen molar-refractivity contribution in [3.05, 3.63) is 99.5 Å². The number of nitrogens with one attached hydrogen (secondary N) is 2. The van der Waals surface area contributed by atoms with E-state index in [9.17, 15) is 33.4 Å². The van der Waals surface area contributed by atoms with Crippen LogP contribution >= 0.6 is 15.9 Å². The van der Waals surface area contributed by atoms with Crippen LogP contribution in [0.4, 0.5) is 8.78 Å². The summed E-state index contributed by atoms with van der Waals surface area (Å²) in [5, 5.41) is 26.5. The number of likely N-dealkylation sites (tertiary alicyclic amines) is 1. The van der Waals surface area contributed by atoms with E-state index in [-0.39, 0.29) is 24.3 Å². The molecule has 3 amide bonds. The number of amides is 3. The zero-order valence-electron chi connectivity index (χ0n) is 22.2. The molecule has 41 heavy (non-hydrogen) atoms. The van der Waals surface area contributed by atoms with Crippen LogP contribution in [0.1, 0.15) is 33.5 Å². The lowest BCUT2D eigenvalue weighted by Crippen LogP contribution is -2.56. The van der Waals surface area contributed by atoms with Gasteiger partial charge in [-0.2, -0.15) is 0 Å². The minimum atomic E-state index is -3.35. The smallest absolute Gasteiger partial charge is 0.267 e. The fourth-order valence-corrected chi connectivity index (χ4v) is 5.22. The van der Waals surface area contributed by atoms with Crippen LogP contribution in [-0.2, 0) is 22.6 Å². The van der Waals surface area contributed by atoms with Gasteiger partial charge in [0.1, 0.15) is 11.8 Å². The number of aliphatic hydroxyl groups excluding tert-OH is 1. The number of alkyl halides is 2. The van der Waals surface area contributed by atoms with Gasteiger partial charge in [-0.15, -0.1) is 0 Å². The molecule has 216 valence electrons. The fourth-order valence-electron chi connectivity index (χ4n) is 4.79. The molecule has 3 atom stereocenters. The molecule has 3 aromatic carbocycles. The van der Waals surface area contributed by atoms with Crippen molar-refractivity contribution in [1.82, 2.24) is 15.5 Å². The van der Waals surface area contributed by atoms with E-state index >= 15 is 0 Å². The second-order valence-electron chi connectivity index (χ2n) is 10.0. The number of phenols is 1. The first-order valence-corrected chi connectivity index (χ1v) is 13.8. The van der Waals surface area contributed by atoms with Crippen molar-refractivity contribution < 1.29 is 33.4 Å². The predicted octanol–water partition coefficient (Wildman–Crippen LogP) is 3.72. The van der Waals surface area contributed by atoms with Crippen molar-refractivity contribution in [1.29, 1.82) is 0 Å². The molecular formula is C30H30BrF2N3O5. The summed E-state index contributed by atoms with van der Waals surface area (Å²) in [5.41, 5.74) is 1.81. The molecular weight excluding hydrogens is 600 g/mol. The van der Waals surface area contributed by atoms with Gasteiger partial charge < -0.3 is 25.7 Å². The third-order valence-electron chi connectivity index (χ3n) is 7.07. The molecule has 0 unspecified atom stereocenters. The third kappa shape index (κ3) is 7.28. The molecule has 4 rings (SSSR count). The van der Waals surface area contributed by atoms with Crippen LogP contribution in [-0.4, -0.2) is 63.5 Å². The SMILES string of the molecule is Cc1c(O)cccc1C(=O)N[C@@H](Cc1ccccc1)[C@H](O)C(=O)N1CC(F)(F)C[C@H]1C(=O)NCc1ccccc1Br. The van der Waals surface area contributed by atoms with E-state index < -0.39 is 54.8 Å². The number of hydrogen-bond donors (Lipinski definition) is 4. The lowest BCUT2D eigenvalue weighted by Gasteiger charge is -2.30. The van der Waals surface area contributed by atoms with Crippen LogP contribution in [0.2, 0.25) is 0 Å². The van der Waals surface area contributed by atoms with Gasteiger partial charge in [0.25, 0.3) is 17.7 Å². The lowest BCUT2D eigenvalue weighted by atomic mass is 9.98. The summed E-state index contributed by atoms with van der Waals surface area (Å²) in [6, 6.07) is 17.5. The molecule has 8 nitrogen and oxygen atoms in total. The first kappa shape index (κ1) is 30.1. The van der Waals surface area contributed by atoms with Gasteiger partial charge in [-0.3, -0.25) is 14.4 Å². The predicted molar refractivity (Wildman–Crippen MR) is 151 cm³/mol. The molecule has 1 heterocycles. The molecule has 0 spiro atoms. The maximum absolute atomic E-state index is 14.6. The molecule has 1 aliphatic heterocycles. The Morgan fingerprint density at radius 1 is 1.05 bits per heavy atom. The average molecular weight is 630 g/mol. The molecule has 0 radical (unpaired) electrons. The maximum Gasteiger partial charge on any atom is 0.267 e. The Morgan fingerprint density at radius 3 is 2.44 bits per heavy atom. The molecule has 4 N–H and O–H groups in total. The van der Waals surface area contributed by atoms with Crippen molar-refractivity contribution >= 4 is 33.7 Å². The number of nitrogens with zero attached hydrogens (tertiary/aromatic N) is 1. The standard InChI is InChI=1S/C30H30BrF2N3O5/c1-18-21(11-7-13-25(18)37)27(39)35-23(14-19-8-3-2-4-9-19)26(38)29(41)36-17-30(32,33)15-24(36)28(40)34-16-20-10-5-6-12-22(20)31/h2-13,23-24,26,37-38H,14-17H2,1H3,(H,34,40)(H,35,39)/t23-,24-,26-/m0/s1. The van der Waals surface area contributed by atoms with Crippen LogP contribution < -0.4 is 10.6 Å². The lowest BCUT2D eigenvalue weighted by molar-refractivity contribution is -0.147. The molecule has 11 heteroatoms. The summed E-state index contributed by atoms with van der Waals surface area (Å²) in [6.07, 6.45) is -2.84. The molecule has 0 bridgehead atoms. The minimum absolute atomic E-state index is 0.000476. The van der Waals surface area contributed by atoms with Crippen LogP contribution in [0, 0.1) is 6.92 Å².